The molecule has 2 aromatic carbocycles. The molecule has 0 bridgehead atoms. The fourth-order valence-electron chi connectivity index (χ4n) is 2.78. The minimum Gasteiger partial charge on any atom is -0.507 e. The molecule has 3 heteroatoms. The van der Waals surface area contributed by atoms with Crippen molar-refractivity contribution in [2.75, 3.05) is 11.9 Å². The van der Waals surface area contributed by atoms with Crippen molar-refractivity contribution in [3.63, 3.8) is 0 Å². The molecule has 0 unspecified atom stereocenters. The van der Waals surface area contributed by atoms with Crippen molar-refractivity contribution in [1.82, 2.24) is 0 Å². The molecule has 0 radical (unpaired) electrons. The molecule has 1 N–H and O–H groups in total. The van der Waals surface area contributed by atoms with Crippen LogP contribution in [-0.4, -0.2) is 18.1 Å². The molecule has 0 fully saturated rings. The van der Waals surface area contributed by atoms with E-state index in [4.69, 9.17) is 0 Å². The standard InChI is InChI=1S/C18H17NO2/c1-11-8-13(9-12(2)17(11)20)10-15-14-6-4-5-7-16(14)19(3)18(15)21/h4-10,20H,1-3H3/b15-10+. The molecule has 3 rings (SSSR count). The number of aromatic hydroxyl groups is 1. The van der Waals surface area contributed by atoms with Crippen LogP contribution in [0.15, 0.2) is 36.4 Å². The molecule has 0 aliphatic carbocycles. The van der Waals surface area contributed by atoms with Crippen LogP contribution < -0.4 is 4.90 Å². The lowest BCUT2D eigenvalue weighted by Gasteiger charge is -2.08. The van der Waals surface area contributed by atoms with Crippen molar-refractivity contribution in [3.8, 4) is 5.75 Å². The lowest BCUT2D eigenvalue weighted by atomic mass is 10.0. The van der Waals surface area contributed by atoms with Crippen LogP contribution in [-0.2, 0) is 4.79 Å². The van der Waals surface area contributed by atoms with Gasteiger partial charge in [0.2, 0.25) is 0 Å². The maximum atomic E-state index is 12.4. The zero-order valence-electron chi connectivity index (χ0n) is 12.3. The molecule has 21 heavy (non-hydrogen) atoms. The van der Waals surface area contributed by atoms with E-state index < -0.39 is 0 Å². The lowest BCUT2D eigenvalue weighted by Crippen LogP contribution is -2.20. The summed E-state index contributed by atoms with van der Waals surface area (Å²) in [7, 11) is 1.79. The molecule has 106 valence electrons. The first-order valence-electron chi connectivity index (χ1n) is 6.88. The summed E-state index contributed by atoms with van der Waals surface area (Å²) in [5, 5.41) is 9.85. The Labute approximate surface area is 124 Å². The molecule has 0 atom stereocenters. The average molecular weight is 279 g/mol. The first-order chi connectivity index (χ1) is 9.99. The number of likely N-dealkylation sites (N-methyl/N-ethyl adjacent to an activating group) is 1. The highest BCUT2D eigenvalue weighted by atomic mass is 16.3. The maximum absolute atomic E-state index is 12.4. The van der Waals surface area contributed by atoms with Gasteiger partial charge in [-0.2, -0.15) is 0 Å². The smallest absolute Gasteiger partial charge is 0.258 e. The van der Waals surface area contributed by atoms with E-state index in [-0.39, 0.29) is 5.91 Å². The minimum atomic E-state index is -0.000388. The Balaban J connectivity index is 2.14. The molecule has 0 saturated heterocycles. The number of benzene rings is 2. The number of phenols is 1. The number of phenolic OH excluding ortho intramolecular Hbond substituents is 1. The monoisotopic (exact) mass is 279 g/mol. The van der Waals surface area contributed by atoms with Crippen LogP contribution in [0.5, 0.6) is 5.75 Å². The predicted molar refractivity (Wildman–Crippen MR) is 85.3 cm³/mol. The number of rotatable bonds is 1. The number of hydrogen-bond donors (Lipinski definition) is 1. The summed E-state index contributed by atoms with van der Waals surface area (Å²) in [6, 6.07) is 11.6. The van der Waals surface area contributed by atoms with Crippen molar-refractivity contribution in [3.05, 3.63) is 58.7 Å². The molecular weight excluding hydrogens is 262 g/mol. The Morgan fingerprint density at radius 3 is 2.38 bits per heavy atom. The summed E-state index contributed by atoms with van der Waals surface area (Å²) >= 11 is 0. The molecule has 3 nitrogen and oxygen atoms in total. The molecule has 2 aromatic rings. The van der Waals surface area contributed by atoms with Crippen molar-refractivity contribution < 1.29 is 9.90 Å². The Kier molecular flexibility index (Phi) is 3.05. The third-order valence-electron chi connectivity index (χ3n) is 3.92. The van der Waals surface area contributed by atoms with Crippen LogP contribution in [0.2, 0.25) is 0 Å². The summed E-state index contributed by atoms with van der Waals surface area (Å²) in [6.07, 6.45) is 1.89. The van der Waals surface area contributed by atoms with Gasteiger partial charge in [-0.05, 0) is 54.8 Å². The van der Waals surface area contributed by atoms with Crippen LogP contribution in [0.1, 0.15) is 22.3 Å². The fourth-order valence-corrected chi connectivity index (χ4v) is 2.78. The highest BCUT2D eigenvalue weighted by Crippen LogP contribution is 2.37. The number of anilines is 1. The van der Waals surface area contributed by atoms with Gasteiger partial charge in [0.1, 0.15) is 5.75 Å². The second-order valence-corrected chi connectivity index (χ2v) is 5.44. The van der Waals surface area contributed by atoms with Crippen molar-refractivity contribution in [2.24, 2.45) is 0 Å². The number of carbonyl (C=O) groups is 1. The van der Waals surface area contributed by atoms with E-state index in [2.05, 4.69) is 0 Å². The first kappa shape index (κ1) is 13.4. The van der Waals surface area contributed by atoms with Gasteiger partial charge in [0.05, 0.1) is 5.69 Å². The molecule has 1 heterocycles. The molecule has 1 amide bonds. The van der Waals surface area contributed by atoms with E-state index in [0.717, 1.165) is 27.9 Å². The summed E-state index contributed by atoms with van der Waals surface area (Å²) in [5.41, 5.74) is 5.13. The van der Waals surface area contributed by atoms with Crippen molar-refractivity contribution in [2.45, 2.75) is 13.8 Å². The number of carbonyl (C=O) groups excluding carboxylic acids is 1. The van der Waals surface area contributed by atoms with Crippen LogP contribution in [0.4, 0.5) is 5.69 Å². The highest BCUT2D eigenvalue weighted by Gasteiger charge is 2.28. The second-order valence-electron chi connectivity index (χ2n) is 5.44. The predicted octanol–water partition coefficient (Wildman–Crippen LogP) is 3.53. The molecular formula is C18H17NO2. The largest absolute Gasteiger partial charge is 0.507 e. The topological polar surface area (TPSA) is 40.5 Å². The molecule has 1 aliphatic rings. The van der Waals surface area contributed by atoms with Crippen LogP contribution in [0.25, 0.3) is 11.6 Å². The molecule has 0 spiro atoms. The number of aryl methyl sites for hydroxylation is 2. The van der Waals surface area contributed by atoms with Gasteiger partial charge < -0.3 is 10.0 Å². The summed E-state index contributed by atoms with van der Waals surface area (Å²) in [6.45, 7) is 3.72. The second kappa shape index (κ2) is 4.77. The fraction of sp³-hybridized carbons (Fsp3) is 0.167. The number of amides is 1. The lowest BCUT2D eigenvalue weighted by molar-refractivity contribution is -0.112. The van der Waals surface area contributed by atoms with E-state index in [0.29, 0.717) is 11.3 Å². The SMILES string of the molecule is Cc1cc(/C=C2/C(=O)N(C)c3ccccc32)cc(C)c1O. The summed E-state index contributed by atoms with van der Waals surface area (Å²) in [4.78, 5) is 14.1. The Morgan fingerprint density at radius 2 is 1.71 bits per heavy atom. The van der Waals surface area contributed by atoms with E-state index in [1.54, 1.807) is 11.9 Å². The number of fused-ring (bicyclic) bond motifs is 1. The molecule has 1 aliphatic heterocycles. The highest BCUT2D eigenvalue weighted by molar-refractivity contribution is 6.35. The summed E-state index contributed by atoms with van der Waals surface area (Å²) < 4.78 is 0. The van der Waals surface area contributed by atoms with Gasteiger partial charge in [-0.1, -0.05) is 18.2 Å². The molecule has 0 saturated carbocycles. The summed E-state index contributed by atoms with van der Waals surface area (Å²) in [5.74, 6) is 0.312. The minimum absolute atomic E-state index is 0.000388. The normalized spacial score (nSPS) is 15.7. The van der Waals surface area contributed by atoms with E-state index in [1.165, 1.54) is 0 Å². The number of para-hydroxylation sites is 1. The van der Waals surface area contributed by atoms with E-state index in [9.17, 15) is 9.90 Å². The Morgan fingerprint density at radius 1 is 1.10 bits per heavy atom. The van der Waals surface area contributed by atoms with E-state index in [1.807, 2.05) is 56.3 Å². The van der Waals surface area contributed by atoms with Crippen LogP contribution in [0.3, 0.4) is 0 Å². The van der Waals surface area contributed by atoms with Crippen molar-refractivity contribution >= 4 is 23.2 Å². The Hall–Kier alpha value is -2.55. The quantitative estimate of drug-likeness (QED) is 0.811. The van der Waals surface area contributed by atoms with Crippen molar-refractivity contribution in [1.29, 1.82) is 0 Å². The van der Waals surface area contributed by atoms with E-state index >= 15 is 0 Å². The Bertz CT molecular complexity index is 752. The molecule has 0 aromatic heterocycles. The van der Waals surface area contributed by atoms with Gasteiger partial charge in [0.25, 0.3) is 5.91 Å². The van der Waals surface area contributed by atoms with Gasteiger partial charge in [-0.15, -0.1) is 0 Å². The van der Waals surface area contributed by atoms with Gasteiger partial charge in [0.15, 0.2) is 0 Å². The van der Waals surface area contributed by atoms with Gasteiger partial charge in [-0.25, -0.2) is 0 Å². The zero-order valence-corrected chi connectivity index (χ0v) is 12.3. The van der Waals surface area contributed by atoms with Crippen LogP contribution in [0, 0.1) is 13.8 Å². The van der Waals surface area contributed by atoms with Gasteiger partial charge in [-0.3, -0.25) is 4.79 Å². The maximum Gasteiger partial charge on any atom is 0.258 e. The number of hydrogen-bond acceptors (Lipinski definition) is 2. The first-order valence-corrected chi connectivity index (χ1v) is 6.88. The number of nitrogens with zero attached hydrogens (tertiary/aromatic N) is 1. The third-order valence-corrected chi connectivity index (χ3v) is 3.92. The van der Waals surface area contributed by atoms with Crippen LogP contribution >= 0.6 is 0 Å². The van der Waals surface area contributed by atoms with Gasteiger partial charge in [0, 0.05) is 18.2 Å². The average Bonchev–Trinajstić information content (AvgIpc) is 2.70. The third kappa shape index (κ3) is 2.11. The van der Waals surface area contributed by atoms with Gasteiger partial charge >= 0.3 is 0 Å². The zero-order chi connectivity index (χ0) is 15.1.